The summed E-state index contributed by atoms with van der Waals surface area (Å²) >= 11 is 7.95. The predicted molar refractivity (Wildman–Crippen MR) is 74.3 cm³/mol. The molecule has 0 unspecified atom stereocenters. The molecule has 0 saturated heterocycles. The van der Waals surface area contributed by atoms with Crippen LogP contribution in [0.1, 0.15) is 11.3 Å². The van der Waals surface area contributed by atoms with E-state index >= 15 is 0 Å². The van der Waals surface area contributed by atoms with E-state index in [-0.39, 0.29) is 5.56 Å². The summed E-state index contributed by atoms with van der Waals surface area (Å²) in [6.07, 6.45) is 3.15. The van der Waals surface area contributed by atoms with Crippen molar-refractivity contribution in [3.05, 3.63) is 55.0 Å². The maximum atomic E-state index is 12.0. The van der Waals surface area contributed by atoms with Crippen molar-refractivity contribution in [1.29, 1.82) is 0 Å². The number of rotatable bonds is 2. The van der Waals surface area contributed by atoms with Gasteiger partial charge in [-0.2, -0.15) is 0 Å². The molecule has 88 valence electrons. The van der Waals surface area contributed by atoms with E-state index in [1.807, 2.05) is 35.6 Å². The Morgan fingerprint density at radius 2 is 2.24 bits per heavy atom. The third kappa shape index (κ3) is 2.66. The molecule has 0 saturated carbocycles. The summed E-state index contributed by atoms with van der Waals surface area (Å²) in [5.41, 5.74) is 1.49. The van der Waals surface area contributed by atoms with Gasteiger partial charge in [-0.3, -0.25) is 9.36 Å². The van der Waals surface area contributed by atoms with E-state index in [1.54, 1.807) is 12.3 Å². The van der Waals surface area contributed by atoms with E-state index in [2.05, 4.69) is 9.97 Å². The standard InChI is InChI=1S/C11H9ClIN3O/c1-7-9(13)11(17)16(6-15-7)5-8-3-2-4-14-10(8)12/h2-4,6H,5H2,1H3. The molecule has 0 amide bonds. The second-order valence-corrected chi connectivity index (χ2v) is 4.97. The van der Waals surface area contributed by atoms with Crippen molar-refractivity contribution in [2.24, 2.45) is 0 Å². The molecular formula is C11H9ClIN3O. The van der Waals surface area contributed by atoms with Crippen molar-refractivity contribution in [3.63, 3.8) is 0 Å². The third-order valence-electron chi connectivity index (χ3n) is 2.33. The van der Waals surface area contributed by atoms with Crippen LogP contribution in [0.3, 0.4) is 0 Å². The van der Waals surface area contributed by atoms with E-state index in [0.29, 0.717) is 15.3 Å². The summed E-state index contributed by atoms with van der Waals surface area (Å²) in [4.78, 5) is 20.1. The van der Waals surface area contributed by atoms with Crippen LogP contribution in [0.5, 0.6) is 0 Å². The minimum Gasteiger partial charge on any atom is -0.294 e. The molecule has 0 radical (unpaired) electrons. The molecule has 0 N–H and O–H groups in total. The van der Waals surface area contributed by atoms with Gasteiger partial charge >= 0.3 is 0 Å². The number of pyridine rings is 1. The second-order valence-electron chi connectivity index (χ2n) is 3.53. The number of aryl methyl sites for hydroxylation is 1. The fraction of sp³-hybridized carbons (Fsp3) is 0.182. The van der Waals surface area contributed by atoms with Crippen molar-refractivity contribution >= 4 is 34.2 Å². The highest BCUT2D eigenvalue weighted by Crippen LogP contribution is 2.12. The topological polar surface area (TPSA) is 47.8 Å². The van der Waals surface area contributed by atoms with Crippen LogP contribution in [0.2, 0.25) is 5.15 Å². The highest BCUT2D eigenvalue weighted by Gasteiger charge is 2.07. The Hall–Kier alpha value is -0.950. The number of hydrogen-bond donors (Lipinski definition) is 0. The van der Waals surface area contributed by atoms with Gasteiger partial charge in [0.1, 0.15) is 5.15 Å². The summed E-state index contributed by atoms with van der Waals surface area (Å²) in [6, 6.07) is 3.63. The molecule has 2 aromatic heterocycles. The number of halogens is 2. The van der Waals surface area contributed by atoms with Crippen molar-refractivity contribution in [2.75, 3.05) is 0 Å². The van der Waals surface area contributed by atoms with E-state index in [9.17, 15) is 4.79 Å². The Kier molecular flexibility index (Phi) is 3.78. The molecule has 4 nitrogen and oxygen atoms in total. The second kappa shape index (κ2) is 5.14. The number of aromatic nitrogens is 3. The zero-order valence-corrected chi connectivity index (χ0v) is 11.9. The van der Waals surface area contributed by atoms with Crippen LogP contribution in [0.4, 0.5) is 0 Å². The van der Waals surface area contributed by atoms with Gasteiger partial charge < -0.3 is 0 Å². The normalized spacial score (nSPS) is 10.5. The quantitative estimate of drug-likeness (QED) is 0.609. The van der Waals surface area contributed by atoms with E-state index in [4.69, 9.17) is 11.6 Å². The molecule has 0 spiro atoms. The monoisotopic (exact) mass is 361 g/mol. The van der Waals surface area contributed by atoms with Crippen LogP contribution in [-0.2, 0) is 6.54 Å². The Morgan fingerprint density at radius 3 is 2.94 bits per heavy atom. The van der Waals surface area contributed by atoms with E-state index in [0.717, 1.165) is 11.3 Å². The maximum Gasteiger partial charge on any atom is 0.267 e. The third-order valence-corrected chi connectivity index (χ3v) is 3.92. The van der Waals surface area contributed by atoms with Crippen molar-refractivity contribution in [1.82, 2.24) is 14.5 Å². The molecule has 0 atom stereocenters. The largest absolute Gasteiger partial charge is 0.294 e. The molecule has 0 aliphatic rings. The minimum atomic E-state index is -0.0574. The maximum absolute atomic E-state index is 12.0. The molecule has 6 heteroatoms. The van der Waals surface area contributed by atoms with E-state index in [1.165, 1.54) is 10.9 Å². The molecule has 0 bridgehead atoms. The highest BCUT2D eigenvalue weighted by molar-refractivity contribution is 14.1. The van der Waals surface area contributed by atoms with E-state index < -0.39 is 0 Å². The van der Waals surface area contributed by atoms with Gasteiger partial charge in [0.2, 0.25) is 0 Å². The average molecular weight is 362 g/mol. The van der Waals surface area contributed by atoms with Gasteiger partial charge in [-0.05, 0) is 35.6 Å². The predicted octanol–water partition coefficient (Wildman–Crippen LogP) is 2.25. The zero-order valence-electron chi connectivity index (χ0n) is 9.02. The first-order valence-corrected chi connectivity index (χ1v) is 6.36. The molecule has 0 fully saturated rings. The van der Waals surface area contributed by atoms with Crippen LogP contribution in [0.15, 0.2) is 29.5 Å². The van der Waals surface area contributed by atoms with Gasteiger partial charge in [0, 0.05) is 11.8 Å². The SMILES string of the molecule is Cc1ncn(Cc2cccnc2Cl)c(=O)c1I. The average Bonchev–Trinajstić information content (AvgIpc) is 2.32. The van der Waals surface area contributed by atoms with Crippen LogP contribution in [0, 0.1) is 10.5 Å². The van der Waals surface area contributed by atoms with Gasteiger partial charge in [0.15, 0.2) is 0 Å². The summed E-state index contributed by atoms with van der Waals surface area (Å²) < 4.78 is 2.16. The number of hydrogen-bond acceptors (Lipinski definition) is 3. The van der Waals surface area contributed by atoms with Gasteiger partial charge in [-0.15, -0.1) is 0 Å². The van der Waals surface area contributed by atoms with Crippen LogP contribution >= 0.6 is 34.2 Å². The smallest absolute Gasteiger partial charge is 0.267 e. The molecule has 0 aliphatic carbocycles. The Balaban J connectivity index is 2.41. The van der Waals surface area contributed by atoms with Crippen LogP contribution in [0.25, 0.3) is 0 Å². The molecule has 2 heterocycles. The Labute approximate surface area is 117 Å². The fourth-order valence-corrected chi connectivity index (χ4v) is 2.01. The molecule has 2 rings (SSSR count). The summed E-state index contributed by atoms with van der Waals surface area (Å²) in [5, 5.41) is 0.412. The summed E-state index contributed by atoms with van der Waals surface area (Å²) in [6.45, 7) is 2.19. The lowest BCUT2D eigenvalue weighted by Gasteiger charge is -2.07. The van der Waals surface area contributed by atoms with Crippen molar-refractivity contribution in [3.8, 4) is 0 Å². The minimum absolute atomic E-state index is 0.0574. The van der Waals surface area contributed by atoms with Gasteiger partial charge in [0.25, 0.3) is 5.56 Å². The molecule has 2 aromatic rings. The van der Waals surface area contributed by atoms with Gasteiger partial charge in [0.05, 0.1) is 22.1 Å². The first-order chi connectivity index (χ1) is 8.09. The summed E-state index contributed by atoms with van der Waals surface area (Å²) in [7, 11) is 0. The van der Waals surface area contributed by atoms with Gasteiger partial charge in [-0.25, -0.2) is 9.97 Å². The number of nitrogens with zero attached hydrogens (tertiary/aromatic N) is 3. The van der Waals surface area contributed by atoms with Crippen molar-refractivity contribution in [2.45, 2.75) is 13.5 Å². The van der Waals surface area contributed by atoms with Crippen molar-refractivity contribution < 1.29 is 0 Å². The lowest BCUT2D eigenvalue weighted by atomic mass is 10.3. The first kappa shape index (κ1) is 12.5. The zero-order chi connectivity index (χ0) is 12.4. The van der Waals surface area contributed by atoms with Crippen LogP contribution < -0.4 is 5.56 Å². The molecule has 0 aromatic carbocycles. The van der Waals surface area contributed by atoms with Crippen LogP contribution in [-0.4, -0.2) is 14.5 Å². The molecule has 0 aliphatic heterocycles. The Morgan fingerprint density at radius 1 is 1.47 bits per heavy atom. The fourth-order valence-electron chi connectivity index (χ4n) is 1.38. The Bertz CT molecular complexity index is 612. The molecular weight excluding hydrogens is 352 g/mol. The molecule has 17 heavy (non-hydrogen) atoms. The first-order valence-electron chi connectivity index (χ1n) is 4.90. The van der Waals surface area contributed by atoms with Gasteiger partial charge in [-0.1, -0.05) is 17.7 Å². The summed E-state index contributed by atoms with van der Waals surface area (Å²) in [5.74, 6) is 0. The lowest BCUT2D eigenvalue weighted by Crippen LogP contribution is -2.24. The highest BCUT2D eigenvalue weighted by atomic mass is 127. The lowest BCUT2D eigenvalue weighted by molar-refractivity contribution is 0.721.